The van der Waals surface area contributed by atoms with Crippen molar-refractivity contribution in [2.24, 2.45) is 5.73 Å². The summed E-state index contributed by atoms with van der Waals surface area (Å²) in [5, 5.41) is 3.09. The fourth-order valence-electron chi connectivity index (χ4n) is 1.54. The molecule has 0 saturated heterocycles. The Morgan fingerprint density at radius 1 is 1.44 bits per heavy atom. The molecule has 0 aliphatic heterocycles. The molecule has 2 aromatic rings. The first kappa shape index (κ1) is 12.9. The lowest BCUT2D eigenvalue weighted by Gasteiger charge is -2.01. The highest BCUT2D eigenvalue weighted by molar-refractivity contribution is 9.10. The summed E-state index contributed by atoms with van der Waals surface area (Å²) < 4.78 is 6.09. The van der Waals surface area contributed by atoms with Gasteiger partial charge in [0.1, 0.15) is 17.2 Å². The molecule has 0 aliphatic carbocycles. The van der Waals surface area contributed by atoms with Crippen LogP contribution in [0.15, 0.2) is 27.1 Å². The molecule has 2 rings (SSSR count). The fourth-order valence-corrected chi connectivity index (χ4v) is 1.97. The minimum atomic E-state index is -0.757. The van der Waals surface area contributed by atoms with Gasteiger partial charge in [0.15, 0.2) is 0 Å². The summed E-state index contributed by atoms with van der Waals surface area (Å²) in [6.45, 7) is 0. The predicted octanol–water partition coefficient (Wildman–Crippen LogP) is 2.47. The molecule has 0 fully saturated rings. The van der Waals surface area contributed by atoms with E-state index in [1.54, 1.807) is 18.2 Å². The van der Waals surface area contributed by atoms with Gasteiger partial charge in [0.05, 0.1) is 0 Å². The SMILES string of the molecule is NC(=O)c1oc2ccc(Br)cc2c1NC(=O)CCl. The topological polar surface area (TPSA) is 85.3 Å². The number of halogens is 2. The Bertz CT molecular complexity index is 638. The van der Waals surface area contributed by atoms with Crippen molar-refractivity contribution in [3.8, 4) is 0 Å². The molecule has 18 heavy (non-hydrogen) atoms. The molecule has 5 nitrogen and oxygen atoms in total. The van der Waals surface area contributed by atoms with E-state index in [4.69, 9.17) is 21.8 Å². The number of fused-ring (bicyclic) bond motifs is 1. The third-order valence-electron chi connectivity index (χ3n) is 2.26. The number of nitrogens with one attached hydrogen (secondary N) is 1. The first-order valence-electron chi connectivity index (χ1n) is 4.90. The van der Waals surface area contributed by atoms with E-state index in [9.17, 15) is 9.59 Å². The summed E-state index contributed by atoms with van der Waals surface area (Å²) in [5.41, 5.74) is 5.90. The van der Waals surface area contributed by atoms with E-state index < -0.39 is 11.8 Å². The van der Waals surface area contributed by atoms with Crippen LogP contribution in [-0.4, -0.2) is 17.7 Å². The molecule has 2 amide bonds. The Labute approximate surface area is 115 Å². The van der Waals surface area contributed by atoms with Gasteiger partial charge in [-0.15, -0.1) is 11.6 Å². The summed E-state index contributed by atoms with van der Waals surface area (Å²) in [7, 11) is 0. The van der Waals surface area contributed by atoms with E-state index in [1.807, 2.05) is 0 Å². The Morgan fingerprint density at radius 3 is 2.78 bits per heavy atom. The van der Waals surface area contributed by atoms with Crippen LogP contribution in [0.3, 0.4) is 0 Å². The van der Waals surface area contributed by atoms with Crippen molar-refractivity contribution in [1.82, 2.24) is 0 Å². The molecule has 7 heteroatoms. The number of rotatable bonds is 3. The molecule has 1 heterocycles. The minimum Gasteiger partial charge on any atom is -0.449 e. The third-order valence-corrected chi connectivity index (χ3v) is 3.00. The molecule has 3 N–H and O–H groups in total. The van der Waals surface area contributed by atoms with Crippen molar-refractivity contribution in [3.05, 3.63) is 28.4 Å². The number of primary amides is 1. The number of hydrogen-bond acceptors (Lipinski definition) is 3. The van der Waals surface area contributed by atoms with E-state index in [0.29, 0.717) is 11.0 Å². The Balaban J connectivity index is 2.64. The first-order valence-corrected chi connectivity index (χ1v) is 6.23. The molecule has 1 aromatic heterocycles. The fraction of sp³-hybridized carbons (Fsp3) is 0.0909. The zero-order valence-corrected chi connectivity index (χ0v) is 11.3. The van der Waals surface area contributed by atoms with Crippen LogP contribution < -0.4 is 11.1 Å². The van der Waals surface area contributed by atoms with Crippen LogP contribution in [-0.2, 0) is 4.79 Å². The monoisotopic (exact) mass is 330 g/mol. The lowest BCUT2D eigenvalue weighted by molar-refractivity contribution is -0.113. The van der Waals surface area contributed by atoms with Gasteiger partial charge in [0, 0.05) is 9.86 Å². The maximum Gasteiger partial charge on any atom is 0.286 e. The summed E-state index contributed by atoms with van der Waals surface area (Å²) in [6, 6.07) is 5.14. The van der Waals surface area contributed by atoms with Crippen molar-refractivity contribution in [3.63, 3.8) is 0 Å². The maximum atomic E-state index is 11.3. The maximum absolute atomic E-state index is 11.3. The molecule has 94 valence electrons. The summed E-state index contributed by atoms with van der Waals surface area (Å²) in [5.74, 6) is -1.52. The predicted molar refractivity (Wildman–Crippen MR) is 71.8 cm³/mol. The number of anilines is 1. The van der Waals surface area contributed by atoms with Crippen molar-refractivity contribution in [2.75, 3.05) is 11.2 Å². The molecule has 0 bridgehead atoms. The molecule has 0 saturated carbocycles. The molecule has 0 atom stereocenters. The van der Waals surface area contributed by atoms with Gasteiger partial charge >= 0.3 is 0 Å². The molecule has 0 unspecified atom stereocenters. The van der Waals surface area contributed by atoms with Crippen LogP contribution in [0.5, 0.6) is 0 Å². The van der Waals surface area contributed by atoms with Crippen LogP contribution in [0.25, 0.3) is 11.0 Å². The lowest BCUT2D eigenvalue weighted by atomic mass is 10.2. The van der Waals surface area contributed by atoms with E-state index in [0.717, 1.165) is 4.47 Å². The molecule has 0 aliphatic rings. The first-order chi connectivity index (χ1) is 8.52. The zero-order chi connectivity index (χ0) is 13.3. The smallest absolute Gasteiger partial charge is 0.286 e. The largest absolute Gasteiger partial charge is 0.449 e. The van der Waals surface area contributed by atoms with E-state index in [2.05, 4.69) is 21.2 Å². The number of nitrogens with two attached hydrogens (primary N) is 1. The van der Waals surface area contributed by atoms with E-state index in [-0.39, 0.29) is 17.3 Å². The molecule has 0 radical (unpaired) electrons. The quantitative estimate of drug-likeness (QED) is 0.847. The zero-order valence-electron chi connectivity index (χ0n) is 9.00. The highest BCUT2D eigenvalue weighted by Crippen LogP contribution is 2.32. The Kier molecular flexibility index (Phi) is 3.58. The molecular formula is C11H8BrClN2O3. The summed E-state index contributed by atoms with van der Waals surface area (Å²) in [4.78, 5) is 22.6. The van der Waals surface area contributed by atoms with Crippen molar-refractivity contribution < 1.29 is 14.0 Å². The average molecular weight is 332 g/mol. The van der Waals surface area contributed by atoms with Gasteiger partial charge in [-0.25, -0.2) is 0 Å². The van der Waals surface area contributed by atoms with Gasteiger partial charge in [-0.1, -0.05) is 15.9 Å². The van der Waals surface area contributed by atoms with Gasteiger partial charge < -0.3 is 15.5 Å². The Morgan fingerprint density at radius 2 is 2.17 bits per heavy atom. The Hall–Kier alpha value is -1.53. The number of alkyl halides is 1. The van der Waals surface area contributed by atoms with E-state index in [1.165, 1.54) is 0 Å². The second kappa shape index (κ2) is 4.99. The van der Waals surface area contributed by atoms with Gasteiger partial charge in [0.25, 0.3) is 5.91 Å². The number of hydrogen-bond donors (Lipinski definition) is 2. The van der Waals surface area contributed by atoms with Gasteiger partial charge in [-0.05, 0) is 18.2 Å². The van der Waals surface area contributed by atoms with Gasteiger partial charge in [0.2, 0.25) is 11.7 Å². The minimum absolute atomic E-state index is 0.0958. The number of furan rings is 1. The van der Waals surface area contributed by atoms with Crippen molar-refractivity contribution in [2.45, 2.75) is 0 Å². The standard InChI is InChI=1S/C11H8BrClN2O3/c12-5-1-2-7-6(3-5)9(15-8(16)4-13)10(18-7)11(14)17/h1-3H,4H2,(H2,14,17)(H,15,16). The molecular weight excluding hydrogens is 323 g/mol. The van der Waals surface area contributed by atoms with Crippen LogP contribution >= 0.6 is 27.5 Å². The number of carbonyl (C=O) groups excluding carboxylic acids is 2. The van der Waals surface area contributed by atoms with Crippen molar-refractivity contribution >= 4 is 56.0 Å². The summed E-state index contributed by atoms with van der Waals surface area (Å²) >= 11 is 8.71. The number of carbonyl (C=O) groups is 2. The van der Waals surface area contributed by atoms with Gasteiger partial charge in [-0.3, -0.25) is 9.59 Å². The highest BCUT2D eigenvalue weighted by Gasteiger charge is 2.20. The van der Waals surface area contributed by atoms with Crippen LogP contribution in [0.4, 0.5) is 5.69 Å². The van der Waals surface area contributed by atoms with Crippen molar-refractivity contribution in [1.29, 1.82) is 0 Å². The van der Waals surface area contributed by atoms with Crippen LogP contribution in [0.2, 0.25) is 0 Å². The lowest BCUT2D eigenvalue weighted by Crippen LogP contribution is -2.17. The summed E-state index contributed by atoms with van der Waals surface area (Å²) in [6.07, 6.45) is 0. The third kappa shape index (κ3) is 2.34. The van der Waals surface area contributed by atoms with Gasteiger partial charge in [-0.2, -0.15) is 0 Å². The van der Waals surface area contributed by atoms with Crippen LogP contribution in [0.1, 0.15) is 10.6 Å². The number of benzene rings is 1. The van der Waals surface area contributed by atoms with Crippen LogP contribution in [0, 0.1) is 0 Å². The molecule has 1 aromatic carbocycles. The highest BCUT2D eigenvalue weighted by atomic mass is 79.9. The molecule has 0 spiro atoms. The number of amides is 2. The average Bonchev–Trinajstić information content (AvgIpc) is 2.67. The normalized spacial score (nSPS) is 10.6. The second-order valence-corrected chi connectivity index (χ2v) is 4.68. The van der Waals surface area contributed by atoms with E-state index >= 15 is 0 Å². The second-order valence-electron chi connectivity index (χ2n) is 3.49.